The van der Waals surface area contributed by atoms with Crippen LogP contribution in [0.3, 0.4) is 0 Å². The molecule has 1 saturated heterocycles. The van der Waals surface area contributed by atoms with Crippen molar-refractivity contribution in [3.63, 3.8) is 0 Å². The average molecular weight is 355 g/mol. The van der Waals surface area contributed by atoms with Gasteiger partial charge in [-0.25, -0.2) is 4.79 Å². The Bertz CT molecular complexity index is 685. The Hall–Kier alpha value is -2.60. The lowest BCUT2D eigenvalue weighted by Gasteiger charge is -2.25. The van der Waals surface area contributed by atoms with E-state index in [1.165, 1.54) is 0 Å². The molecule has 1 aromatic carbocycles. The van der Waals surface area contributed by atoms with Crippen LogP contribution in [0.15, 0.2) is 48.7 Å². The molecule has 1 aliphatic heterocycles. The smallest absolute Gasteiger partial charge is 0.322 e. The second-order valence-electron chi connectivity index (χ2n) is 6.22. The minimum atomic E-state index is -0.157. The lowest BCUT2D eigenvalue weighted by molar-refractivity contribution is 0.0816. The fraction of sp³-hybridized carbons (Fsp3) is 0.400. The minimum Gasteiger partial charge on any atom is -0.494 e. The number of anilines is 1. The molecule has 2 heterocycles. The van der Waals surface area contributed by atoms with Gasteiger partial charge in [-0.1, -0.05) is 6.07 Å². The van der Waals surface area contributed by atoms with Gasteiger partial charge in [-0.05, 0) is 56.2 Å². The molecule has 6 heteroatoms. The van der Waals surface area contributed by atoms with Gasteiger partial charge in [-0.3, -0.25) is 4.98 Å². The summed E-state index contributed by atoms with van der Waals surface area (Å²) in [6, 6.07) is 12.9. The molecule has 138 valence electrons. The van der Waals surface area contributed by atoms with E-state index in [9.17, 15) is 4.79 Å². The van der Waals surface area contributed by atoms with Crippen LogP contribution in [0.2, 0.25) is 0 Å². The number of urea groups is 1. The Labute approximate surface area is 154 Å². The Morgan fingerprint density at radius 1 is 1.31 bits per heavy atom. The molecule has 1 aromatic heterocycles. The van der Waals surface area contributed by atoms with E-state index in [4.69, 9.17) is 9.47 Å². The van der Waals surface area contributed by atoms with Gasteiger partial charge in [0, 0.05) is 25.0 Å². The van der Waals surface area contributed by atoms with Crippen molar-refractivity contribution in [2.24, 2.45) is 0 Å². The standard InChI is InChI=1S/C20H25N3O3/c1-2-25-18-10-8-16(9-11-18)22-20(24)23(15-19-7-5-13-26-19)14-17-6-3-4-12-21-17/h3-4,6,8-12,19H,2,5,7,13-15H2,1H3,(H,22,24). The van der Waals surface area contributed by atoms with Crippen LogP contribution in [0, 0.1) is 0 Å². The largest absolute Gasteiger partial charge is 0.494 e. The van der Waals surface area contributed by atoms with Crippen LogP contribution in [0.5, 0.6) is 5.75 Å². The number of nitrogens with one attached hydrogen (secondary N) is 1. The number of carbonyl (C=O) groups excluding carboxylic acids is 1. The summed E-state index contributed by atoms with van der Waals surface area (Å²) in [6.45, 7) is 4.33. The SMILES string of the molecule is CCOc1ccc(NC(=O)N(Cc2ccccn2)CC2CCCO2)cc1. The fourth-order valence-corrected chi connectivity index (χ4v) is 2.94. The Morgan fingerprint density at radius 2 is 2.15 bits per heavy atom. The molecule has 0 aliphatic carbocycles. The molecule has 0 saturated carbocycles. The van der Waals surface area contributed by atoms with Crippen molar-refractivity contribution in [2.75, 3.05) is 25.1 Å². The van der Waals surface area contributed by atoms with Gasteiger partial charge in [0.2, 0.25) is 0 Å². The van der Waals surface area contributed by atoms with Crippen LogP contribution in [-0.2, 0) is 11.3 Å². The van der Waals surface area contributed by atoms with Crippen molar-refractivity contribution < 1.29 is 14.3 Å². The van der Waals surface area contributed by atoms with Crippen LogP contribution in [0.25, 0.3) is 0 Å². The van der Waals surface area contributed by atoms with E-state index >= 15 is 0 Å². The molecule has 26 heavy (non-hydrogen) atoms. The van der Waals surface area contributed by atoms with Crippen molar-refractivity contribution in [3.05, 3.63) is 54.4 Å². The number of hydrogen-bond donors (Lipinski definition) is 1. The quantitative estimate of drug-likeness (QED) is 0.823. The topological polar surface area (TPSA) is 63.7 Å². The summed E-state index contributed by atoms with van der Waals surface area (Å²) in [5, 5.41) is 2.95. The second kappa shape index (κ2) is 9.20. The lowest BCUT2D eigenvalue weighted by Crippen LogP contribution is -2.39. The molecular formula is C20H25N3O3. The lowest BCUT2D eigenvalue weighted by atomic mass is 10.2. The highest BCUT2D eigenvalue weighted by Gasteiger charge is 2.23. The summed E-state index contributed by atoms with van der Waals surface area (Å²) in [5.41, 5.74) is 1.59. The molecule has 2 amide bonds. The number of benzene rings is 1. The molecule has 3 rings (SSSR count). The summed E-state index contributed by atoms with van der Waals surface area (Å²) in [4.78, 5) is 18.9. The zero-order chi connectivity index (χ0) is 18.2. The van der Waals surface area contributed by atoms with Crippen molar-refractivity contribution in [1.82, 2.24) is 9.88 Å². The summed E-state index contributed by atoms with van der Waals surface area (Å²) >= 11 is 0. The molecular weight excluding hydrogens is 330 g/mol. The molecule has 1 aliphatic rings. The molecule has 1 atom stereocenters. The number of hydrogen-bond acceptors (Lipinski definition) is 4. The third-order valence-electron chi connectivity index (χ3n) is 4.23. The summed E-state index contributed by atoms with van der Waals surface area (Å²) < 4.78 is 11.1. The highest BCUT2D eigenvalue weighted by atomic mass is 16.5. The average Bonchev–Trinajstić information content (AvgIpc) is 3.17. The third kappa shape index (κ3) is 5.20. The normalized spacial score (nSPS) is 16.3. The van der Waals surface area contributed by atoms with Crippen LogP contribution in [0.4, 0.5) is 10.5 Å². The number of aromatic nitrogens is 1. The van der Waals surface area contributed by atoms with Gasteiger partial charge in [0.05, 0.1) is 24.9 Å². The first-order chi connectivity index (χ1) is 12.7. The maximum atomic E-state index is 12.8. The minimum absolute atomic E-state index is 0.0878. The number of nitrogens with zero attached hydrogens (tertiary/aromatic N) is 2. The van der Waals surface area contributed by atoms with E-state index in [1.807, 2.05) is 49.4 Å². The van der Waals surface area contributed by atoms with Gasteiger partial charge in [-0.2, -0.15) is 0 Å². The highest BCUT2D eigenvalue weighted by molar-refractivity contribution is 5.89. The van der Waals surface area contributed by atoms with Crippen molar-refractivity contribution in [1.29, 1.82) is 0 Å². The van der Waals surface area contributed by atoms with Gasteiger partial charge in [0.25, 0.3) is 0 Å². The van der Waals surface area contributed by atoms with E-state index in [2.05, 4.69) is 10.3 Å². The monoisotopic (exact) mass is 355 g/mol. The van der Waals surface area contributed by atoms with Crippen molar-refractivity contribution in [3.8, 4) is 5.75 Å². The summed E-state index contributed by atoms with van der Waals surface area (Å²) in [6.07, 6.45) is 3.85. The van der Waals surface area contributed by atoms with E-state index in [0.717, 1.165) is 36.6 Å². The summed E-state index contributed by atoms with van der Waals surface area (Å²) in [7, 11) is 0. The van der Waals surface area contributed by atoms with Crippen LogP contribution >= 0.6 is 0 Å². The van der Waals surface area contributed by atoms with E-state index in [0.29, 0.717) is 19.7 Å². The summed E-state index contributed by atoms with van der Waals surface area (Å²) in [5.74, 6) is 0.787. The van der Waals surface area contributed by atoms with Gasteiger partial charge < -0.3 is 19.7 Å². The van der Waals surface area contributed by atoms with E-state index in [1.54, 1.807) is 11.1 Å². The predicted octanol–water partition coefficient (Wildman–Crippen LogP) is 3.69. The van der Waals surface area contributed by atoms with Gasteiger partial charge in [0.1, 0.15) is 5.75 Å². The molecule has 1 fully saturated rings. The maximum absolute atomic E-state index is 12.8. The molecule has 0 radical (unpaired) electrons. The molecule has 1 N–H and O–H groups in total. The maximum Gasteiger partial charge on any atom is 0.322 e. The zero-order valence-corrected chi connectivity index (χ0v) is 15.1. The van der Waals surface area contributed by atoms with Crippen LogP contribution in [0.1, 0.15) is 25.5 Å². The van der Waals surface area contributed by atoms with Gasteiger partial charge in [-0.15, -0.1) is 0 Å². The Morgan fingerprint density at radius 3 is 2.81 bits per heavy atom. The first kappa shape index (κ1) is 18.2. The first-order valence-corrected chi connectivity index (χ1v) is 9.05. The van der Waals surface area contributed by atoms with Gasteiger partial charge in [0.15, 0.2) is 0 Å². The highest BCUT2D eigenvalue weighted by Crippen LogP contribution is 2.18. The van der Waals surface area contributed by atoms with E-state index < -0.39 is 0 Å². The molecule has 1 unspecified atom stereocenters. The zero-order valence-electron chi connectivity index (χ0n) is 15.1. The second-order valence-corrected chi connectivity index (χ2v) is 6.22. The number of ether oxygens (including phenoxy) is 2. The molecule has 2 aromatic rings. The predicted molar refractivity (Wildman–Crippen MR) is 100 cm³/mol. The van der Waals surface area contributed by atoms with Crippen LogP contribution < -0.4 is 10.1 Å². The van der Waals surface area contributed by atoms with Crippen molar-refractivity contribution >= 4 is 11.7 Å². The number of amides is 2. The van der Waals surface area contributed by atoms with Gasteiger partial charge >= 0.3 is 6.03 Å². The number of carbonyl (C=O) groups is 1. The van der Waals surface area contributed by atoms with Crippen molar-refractivity contribution in [2.45, 2.75) is 32.4 Å². The Kier molecular flexibility index (Phi) is 6.44. The van der Waals surface area contributed by atoms with E-state index in [-0.39, 0.29) is 12.1 Å². The van der Waals surface area contributed by atoms with Crippen LogP contribution in [-0.4, -0.2) is 41.8 Å². The number of pyridine rings is 1. The molecule has 6 nitrogen and oxygen atoms in total. The first-order valence-electron chi connectivity index (χ1n) is 9.05. The molecule has 0 spiro atoms. The molecule has 0 bridgehead atoms. The fourth-order valence-electron chi connectivity index (χ4n) is 2.94. The third-order valence-corrected chi connectivity index (χ3v) is 4.23. The number of rotatable bonds is 7. The Balaban J connectivity index is 1.66.